The topological polar surface area (TPSA) is 63.1 Å². The van der Waals surface area contributed by atoms with Crippen LogP contribution in [0.15, 0.2) is 24.3 Å². The Balaban J connectivity index is 1.65. The zero-order valence-corrected chi connectivity index (χ0v) is 14.9. The molecular formula is C18H19F4N5O. The van der Waals surface area contributed by atoms with Gasteiger partial charge in [0.1, 0.15) is 5.82 Å². The molecule has 1 aromatic heterocycles. The Hall–Kier alpha value is -2.49. The second-order valence-corrected chi connectivity index (χ2v) is 7.22. The van der Waals surface area contributed by atoms with E-state index >= 15 is 0 Å². The molecule has 2 atom stereocenters. The molecule has 0 aliphatic carbocycles. The van der Waals surface area contributed by atoms with Gasteiger partial charge in [0.2, 0.25) is 0 Å². The van der Waals surface area contributed by atoms with Crippen LogP contribution >= 0.6 is 0 Å². The molecule has 4 rings (SSSR count). The molecule has 2 aromatic rings. The summed E-state index contributed by atoms with van der Waals surface area (Å²) in [4.78, 5) is 14.3. The first-order valence-electron chi connectivity index (χ1n) is 9.13. The van der Waals surface area contributed by atoms with Crippen molar-refractivity contribution in [3.05, 3.63) is 41.5 Å². The van der Waals surface area contributed by atoms with Gasteiger partial charge in [-0.3, -0.25) is 4.79 Å². The predicted octanol–water partition coefficient (Wildman–Crippen LogP) is 2.50. The van der Waals surface area contributed by atoms with E-state index in [1.165, 1.54) is 4.90 Å². The van der Waals surface area contributed by atoms with Crippen molar-refractivity contribution < 1.29 is 22.4 Å². The lowest BCUT2D eigenvalue weighted by atomic mass is 9.92. The molecule has 2 aliphatic heterocycles. The van der Waals surface area contributed by atoms with Crippen LogP contribution in [0.5, 0.6) is 0 Å². The molecule has 0 radical (unpaired) electrons. The predicted molar refractivity (Wildman–Crippen MR) is 91.3 cm³/mol. The van der Waals surface area contributed by atoms with E-state index < -0.39 is 29.3 Å². The van der Waals surface area contributed by atoms with Crippen LogP contribution in [-0.4, -0.2) is 52.0 Å². The molecule has 2 fully saturated rings. The summed E-state index contributed by atoms with van der Waals surface area (Å²) in [6.45, 7) is 2.53. The molecule has 0 spiro atoms. The molecule has 0 unspecified atom stereocenters. The third-order valence-corrected chi connectivity index (χ3v) is 5.52. The van der Waals surface area contributed by atoms with Crippen LogP contribution in [-0.2, 0) is 6.18 Å². The van der Waals surface area contributed by atoms with Crippen molar-refractivity contribution in [2.75, 3.05) is 26.2 Å². The average Bonchev–Trinajstić information content (AvgIpc) is 3.24. The van der Waals surface area contributed by atoms with Gasteiger partial charge < -0.3 is 10.2 Å². The molecule has 1 N–H and O–H groups in total. The Morgan fingerprint density at radius 2 is 1.68 bits per heavy atom. The van der Waals surface area contributed by atoms with Gasteiger partial charge in [0.05, 0.1) is 5.69 Å². The molecule has 0 saturated carbocycles. The molecule has 2 aliphatic rings. The maximum absolute atomic E-state index is 13.7. The fourth-order valence-corrected chi connectivity index (χ4v) is 4.01. The number of nitrogens with one attached hydrogen (secondary N) is 1. The standard InChI is InChI=1S/C18H19F4N5O/c19-13-1-3-14(4-2-13)27-16(18(20,21)22)15(24-25-27)17(28)26-7-5-11-9-23-10-12(11)6-8-26/h1-4,11-12,23H,5-10H2/t11-,12+. The molecule has 150 valence electrons. The van der Waals surface area contributed by atoms with Gasteiger partial charge in [-0.15, -0.1) is 5.10 Å². The number of amides is 1. The molecule has 2 saturated heterocycles. The Labute approximate surface area is 158 Å². The van der Waals surface area contributed by atoms with Gasteiger partial charge in [0, 0.05) is 13.1 Å². The SMILES string of the molecule is O=C(c1nnn(-c2ccc(F)cc2)c1C(F)(F)F)N1CC[C@@H]2CNC[C@@H]2CC1. The number of nitrogens with zero attached hydrogens (tertiary/aromatic N) is 4. The first-order valence-corrected chi connectivity index (χ1v) is 9.13. The van der Waals surface area contributed by atoms with Crippen LogP contribution in [0, 0.1) is 17.7 Å². The van der Waals surface area contributed by atoms with E-state index in [4.69, 9.17) is 0 Å². The lowest BCUT2D eigenvalue weighted by molar-refractivity contribution is -0.143. The highest BCUT2D eigenvalue weighted by molar-refractivity contribution is 5.93. The molecule has 28 heavy (non-hydrogen) atoms. The first-order chi connectivity index (χ1) is 13.3. The number of carbonyl (C=O) groups is 1. The van der Waals surface area contributed by atoms with Crippen molar-refractivity contribution in [1.29, 1.82) is 0 Å². The number of likely N-dealkylation sites (tertiary alicyclic amines) is 1. The molecular weight excluding hydrogens is 378 g/mol. The summed E-state index contributed by atoms with van der Waals surface area (Å²) in [6, 6.07) is 4.38. The van der Waals surface area contributed by atoms with Crippen LogP contribution in [0.4, 0.5) is 17.6 Å². The summed E-state index contributed by atoms with van der Waals surface area (Å²) in [5, 5.41) is 10.4. The van der Waals surface area contributed by atoms with Crippen molar-refractivity contribution >= 4 is 5.91 Å². The number of carbonyl (C=O) groups excluding carboxylic acids is 1. The number of hydrogen-bond donors (Lipinski definition) is 1. The fraction of sp³-hybridized carbons (Fsp3) is 0.500. The van der Waals surface area contributed by atoms with E-state index in [0.29, 0.717) is 29.6 Å². The number of aromatic nitrogens is 3. The molecule has 1 amide bonds. The molecule has 10 heteroatoms. The minimum Gasteiger partial charge on any atom is -0.337 e. The van der Waals surface area contributed by atoms with Crippen LogP contribution in [0.25, 0.3) is 5.69 Å². The number of halogens is 4. The maximum Gasteiger partial charge on any atom is 0.435 e. The smallest absolute Gasteiger partial charge is 0.337 e. The van der Waals surface area contributed by atoms with Crippen LogP contribution in [0.2, 0.25) is 0 Å². The van der Waals surface area contributed by atoms with E-state index in [2.05, 4.69) is 15.6 Å². The van der Waals surface area contributed by atoms with Crippen molar-refractivity contribution in [2.24, 2.45) is 11.8 Å². The average molecular weight is 397 g/mol. The Morgan fingerprint density at radius 1 is 1.07 bits per heavy atom. The molecule has 6 nitrogen and oxygen atoms in total. The summed E-state index contributed by atoms with van der Waals surface area (Å²) in [6.07, 6.45) is -3.34. The lowest BCUT2D eigenvalue weighted by Crippen LogP contribution is -2.34. The lowest BCUT2D eigenvalue weighted by Gasteiger charge is -2.20. The number of alkyl halides is 3. The summed E-state index contributed by atoms with van der Waals surface area (Å²) < 4.78 is 54.9. The van der Waals surface area contributed by atoms with Crippen molar-refractivity contribution in [3.8, 4) is 5.69 Å². The van der Waals surface area contributed by atoms with Gasteiger partial charge in [-0.25, -0.2) is 9.07 Å². The van der Waals surface area contributed by atoms with E-state index in [1.807, 2.05) is 0 Å². The minimum atomic E-state index is -4.84. The summed E-state index contributed by atoms with van der Waals surface area (Å²) in [7, 11) is 0. The molecule has 1 aromatic carbocycles. The van der Waals surface area contributed by atoms with E-state index in [-0.39, 0.29) is 5.69 Å². The van der Waals surface area contributed by atoms with Crippen molar-refractivity contribution in [3.63, 3.8) is 0 Å². The zero-order valence-electron chi connectivity index (χ0n) is 14.9. The highest BCUT2D eigenvalue weighted by atomic mass is 19.4. The third kappa shape index (κ3) is 3.48. The second kappa shape index (κ2) is 7.16. The summed E-state index contributed by atoms with van der Waals surface area (Å²) in [5.74, 6) is -0.475. The Bertz CT molecular complexity index is 850. The Morgan fingerprint density at radius 3 is 2.25 bits per heavy atom. The highest BCUT2D eigenvalue weighted by Crippen LogP contribution is 2.34. The number of fused-ring (bicyclic) bond motifs is 1. The van der Waals surface area contributed by atoms with Crippen LogP contribution in [0.1, 0.15) is 29.0 Å². The van der Waals surface area contributed by atoms with Crippen LogP contribution < -0.4 is 5.32 Å². The van der Waals surface area contributed by atoms with Gasteiger partial charge in [-0.05, 0) is 62.0 Å². The number of hydrogen-bond acceptors (Lipinski definition) is 4. The second-order valence-electron chi connectivity index (χ2n) is 7.22. The summed E-state index contributed by atoms with van der Waals surface area (Å²) in [5.41, 5.74) is -1.98. The highest BCUT2D eigenvalue weighted by Gasteiger charge is 2.43. The Kier molecular flexibility index (Phi) is 4.82. The minimum absolute atomic E-state index is 0.0169. The van der Waals surface area contributed by atoms with Gasteiger partial charge in [-0.2, -0.15) is 13.2 Å². The van der Waals surface area contributed by atoms with Gasteiger partial charge >= 0.3 is 6.18 Å². The third-order valence-electron chi connectivity index (χ3n) is 5.52. The molecule has 0 bridgehead atoms. The van der Waals surface area contributed by atoms with Crippen molar-refractivity contribution in [2.45, 2.75) is 19.0 Å². The monoisotopic (exact) mass is 397 g/mol. The summed E-state index contributed by atoms with van der Waals surface area (Å²) >= 11 is 0. The van der Waals surface area contributed by atoms with Crippen LogP contribution in [0.3, 0.4) is 0 Å². The van der Waals surface area contributed by atoms with E-state index in [9.17, 15) is 22.4 Å². The molecule has 3 heterocycles. The quantitative estimate of drug-likeness (QED) is 0.791. The van der Waals surface area contributed by atoms with Gasteiger partial charge in [0.25, 0.3) is 5.91 Å². The zero-order chi connectivity index (χ0) is 19.9. The van der Waals surface area contributed by atoms with E-state index in [0.717, 1.165) is 50.2 Å². The van der Waals surface area contributed by atoms with Gasteiger partial charge in [0.15, 0.2) is 11.4 Å². The normalized spacial score (nSPS) is 22.8. The van der Waals surface area contributed by atoms with E-state index in [1.54, 1.807) is 0 Å². The van der Waals surface area contributed by atoms with Crippen molar-refractivity contribution in [1.82, 2.24) is 25.2 Å². The maximum atomic E-state index is 13.7. The fourth-order valence-electron chi connectivity index (χ4n) is 4.01. The van der Waals surface area contributed by atoms with Gasteiger partial charge in [-0.1, -0.05) is 5.21 Å². The largest absolute Gasteiger partial charge is 0.435 e. The number of rotatable bonds is 2. The number of benzene rings is 1. The first kappa shape index (κ1) is 18.9.